The average molecular weight is 307 g/mol. The van der Waals surface area contributed by atoms with Crippen molar-refractivity contribution in [3.8, 4) is 0 Å². The van der Waals surface area contributed by atoms with E-state index in [1.54, 1.807) is 0 Å². The summed E-state index contributed by atoms with van der Waals surface area (Å²) in [6.07, 6.45) is -2.60. The van der Waals surface area contributed by atoms with Gasteiger partial charge in [0.1, 0.15) is 18.8 Å². The lowest BCUT2D eigenvalue weighted by Gasteiger charge is -2.15. The summed E-state index contributed by atoms with van der Waals surface area (Å²) in [5, 5.41) is 3.89. The number of hydrogen-bond acceptors (Lipinski definition) is 6. The van der Waals surface area contributed by atoms with E-state index in [9.17, 15) is 13.3 Å². The molecule has 8 nitrogen and oxygen atoms in total. The number of nitrogen functional groups attached to an aromatic ring is 1. The van der Waals surface area contributed by atoms with E-state index in [1.165, 1.54) is 17.0 Å². The minimum absolute atomic E-state index is 0.0798. The van der Waals surface area contributed by atoms with Gasteiger partial charge < -0.3 is 15.4 Å². The Morgan fingerprint density at radius 3 is 2.90 bits per heavy atom. The maximum atomic E-state index is 12.8. The fourth-order valence-corrected chi connectivity index (χ4v) is 1.99. The van der Waals surface area contributed by atoms with Gasteiger partial charge in [0.2, 0.25) is 14.0 Å². The molecule has 0 bridgehead atoms. The van der Waals surface area contributed by atoms with E-state index >= 15 is 0 Å². The van der Waals surface area contributed by atoms with Crippen LogP contribution in [0.15, 0.2) is 12.5 Å². The highest BCUT2D eigenvalue weighted by Crippen LogP contribution is 2.21. The zero-order valence-electron chi connectivity index (χ0n) is 10.1. The molecule has 20 heavy (non-hydrogen) atoms. The number of hydrogen-bond donors (Lipinski definition) is 2. The van der Waals surface area contributed by atoms with Gasteiger partial charge >= 0.3 is 0 Å². The van der Waals surface area contributed by atoms with Gasteiger partial charge in [0.05, 0.1) is 6.20 Å². The summed E-state index contributed by atoms with van der Waals surface area (Å²) < 4.78 is 42.2. The highest BCUT2D eigenvalue weighted by molar-refractivity contribution is 7.37. The van der Waals surface area contributed by atoms with E-state index in [-0.39, 0.29) is 12.4 Å². The van der Waals surface area contributed by atoms with Crippen LogP contribution in [-0.2, 0) is 15.7 Å². The molecule has 0 saturated carbocycles. The lowest BCUT2D eigenvalue weighted by molar-refractivity contribution is -0.0399. The van der Waals surface area contributed by atoms with Crippen molar-refractivity contribution in [1.29, 1.82) is 0 Å². The first-order valence-corrected chi connectivity index (χ1v) is 7.10. The topological polar surface area (TPSA) is 116 Å². The summed E-state index contributed by atoms with van der Waals surface area (Å²) in [5.41, 5.74) is 6.24. The van der Waals surface area contributed by atoms with Crippen LogP contribution in [-0.4, -0.2) is 43.4 Å². The number of ether oxygens (including phenoxy) is 1. The Hall–Kier alpha value is -1.64. The first-order valence-electron chi connectivity index (χ1n) is 5.53. The zero-order chi connectivity index (χ0) is 14.7. The van der Waals surface area contributed by atoms with E-state index in [4.69, 9.17) is 15.4 Å². The Labute approximate surface area is 112 Å². The molecule has 0 radical (unpaired) electrons. The van der Waals surface area contributed by atoms with Crippen molar-refractivity contribution in [2.75, 3.05) is 12.1 Å². The molecule has 2 aromatic rings. The highest BCUT2D eigenvalue weighted by Gasteiger charge is 2.24. The molecule has 2 aromatic heterocycles. The van der Waals surface area contributed by atoms with Crippen LogP contribution in [0.2, 0.25) is 0 Å². The van der Waals surface area contributed by atoms with Gasteiger partial charge in [0.25, 0.3) is 6.43 Å². The van der Waals surface area contributed by atoms with Crippen molar-refractivity contribution in [1.82, 2.24) is 19.6 Å². The maximum absolute atomic E-state index is 12.8. The Morgan fingerprint density at radius 2 is 2.25 bits per heavy atom. The van der Waals surface area contributed by atoms with Crippen molar-refractivity contribution in [3.05, 3.63) is 18.1 Å². The number of halogens is 2. The van der Waals surface area contributed by atoms with Gasteiger partial charge in [0.15, 0.2) is 5.65 Å². The van der Waals surface area contributed by atoms with Gasteiger partial charge in [-0.25, -0.2) is 18.7 Å². The van der Waals surface area contributed by atoms with Gasteiger partial charge in [-0.3, -0.25) is 4.57 Å². The Morgan fingerprint density at radius 1 is 1.50 bits per heavy atom. The van der Waals surface area contributed by atoms with E-state index in [0.29, 0.717) is 11.2 Å². The van der Waals surface area contributed by atoms with Crippen molar-refractivity contribution >= 4 is 19.6 Å². The second-order valence-electron chi connectivity index (χ2n) is 3.92. The van der Waals surface area contributed by atoms with Gasteiger partial charge in [-0.2, -0.15) is 9.61 Å². The fraction of sp³-hybridized carbons (Fsp3) is 0.444. The normalized spacial score (nSPS) is 14.8. The minimum atomic E-state index is -2.96. The number of anilines is 1. The Kier molecular flexibility index (Phi) is 4.58. The number of fused-ring (bicyclic) bond motifs is 1. The molecule has 0 saturated heterocycles. The number of rotatable bonds is 6. The largest absolute Gasteiger partial charge is 0.368 e. The molecule has 0 spiro atoms. The van der Waals surface area contributed by atoms with Crippen LogP contribution in [0.1, 0.15) is 5.56 Å². The smallest absolute Gasteiger partial charge is 0.264 e. The molecular formula is C9H12F2N5O3P. The van der Waals surface area contributed by atoms with Crippen molar-refractivity contribution in [3.63, 3.8) is 0 Å². The second-order valence-corrected chi connectivity index (χ2v) is 5.00. The predicted octanol–water partition coefficient (Wildman–Crippen LogP) is 0.324. The molecule has 2 unspecified atom stereocenters. The average Bonchev–Trinajstić information content (AvgIpc) is 2.78. The molecular weight excluding hydrogens is 295 g/mol. The summed E-state index contributed by atoms with van der Waals surface area (Å²) in [7, 11) is -2.96. The molecule has 0 amide bonds. The molecule has 0 fully saturated rings. The third-order valence-corrected chi connectivity index (χ3v) is 2.94. The third kappa shape index (κ3) is 3.27. The van der Waals surface area contributed by atoms with E-state index < -0.39 is 26.9 Å². The molecule has 0 aliphatic carbocycles. The fourth-order valence-electron chi connectivity index (χ4n) is 1.64. The van der Waals surface area contributed by atoms with Crippen LogP contribution in [0.4, 0.5) is 14.7 Å². The van der Waals surface area contributed by atoms with Crippen molar-refractivity contribution in [2.45, 2.75) is 19.0 Å². The van der Waals surface area contributed by atoms with Gasteiger partial charge in [0, 0.05) is 12.0 Å². The first-order chi connectivity index (χ1) is 9.49. The van der Waals surface area contributed by atoms with Crippen LogP contribution in [0.25, 0.3) is 5.65 Å². The van der Waals surface area contributed by atoms with Crippen molar-refractivity contribution in [2.24, 2.45) is 0 Å². The monoisotopic (exact) mass is 307 g/mol. The maximum Gasteiger partial charge on any atom is 0.264 e. The molecule has 0 aliphatic rings. The van der Waals surface area contributed by atoms with E-state index in [0.717, 1.165) is 0 Å². The lowest BCUT2D eigenvalue weighted by atomic mass is 10.1. The lowest BCUT2D eigenvalue weighted by Crippen LogP contribution is -2.24. The summed E-state index contributed by atoms with van der Waals surface area (Å²) in [4.78, 5) is 16.3. The zero-order valence-corrected chi connectivity index (χ0v) is 11.1. The number of aromatic nitrogens is 4. The summed E-state index contributed by atoms with van der Waals surface area (Å²) in [6.45, 7) is 0. The summed E-state index contributed by atoms with van der Waals surface area (Å²) in [6, 6.07) is 0. The number of nitrogens with zero attached hydrogens (tertiary/aromatic N) is 4. The van der Waals surface area contributed by atoms with Crippen LogP contribution in [0.3, 0.4) is 0 Å². The third-order valence-electron chi connectivity index (χ3n) is 2.53. The van der Waals surface area contributed by atoms with Crippen LogP contribution >= 0.6 is 8.03 Å². The van der Waals surface area contributed by atoms with Crippen molar-refractivity contribution < 1.29 is 23.0 Å². The number of alkyl halides is 2. The SMILES string of the molecule is Nc1ncnc2c(CC(OC[PH](=O)O)C(F)F)cnn12. The van der Waals surface area contributed by atoms with E-state index in [1.807, 2.05) is 0 Å². The first kappa shape index (κ1) is 14.8. The van der Waals surface area contributed by atoms with Crippen LogP contribution in [0.5, 0.6) is 0 Å². The second kappa shape index (κ2) is 6.21. The quantitative estimate of drug-likeness (QED) is 0.738. The Balaban J connectivity index is 2.20. The summed E-state index contributed by atoms with van der Waals surface area (Å²) in [5.74, 6) is 0.0798. The predicted molar refractivity (Wildman–Crippen MR) is 65.9 cm³/mol. The summed E-state index contributed by atoms with van der Waals surface area (Å²) >= 11 is 0. The highest BCUT2D eigenvalue weighted by atomic mass is 31.1. The van der Waals surface area contributed by atoms with Gasteiger partial charge in [-0.15, -0.1) is 0 Å². The molecule has 11 heteroatoms. The van der Waals surface area contributed by atoms with E-state index in [2.05, 4.69) is 15.1 Å². The Bertz CT molecular complexity index is 623. The molecule has 110 valence electrons. The van der Waals surface area contributed by atoms with Gasteiger partial charge in [-0.1, -0.05) is 0 Å². The molecule has 3 N–H and O–H groups in total. The molecule has 2 rings (SSSR count). The van der Waals surface area contributed by atoms with Crippen LogP contribution < -0.4 is 5.73 Å². The van der Waals surface area contributed by atoms with Gasteiger partial charge in [-0.05, 0) is 0 Å². The molecule has 2 atom stereocenters. The molecule has 2 heterocycles. The number of nitrogens with two attached hydrogens (primary N) is 1. The molecule has 0 aromatic carbocycles. The standard InChI is InChI=1S/C9H12F2N5O3P/c10-7(11)6(19-4-20(17)18)1-5-2-15-16-8(5)13-3-14-9(16)12/h2-3,6-7,20H,1,4H2,(H,17,18)(H2,12,13,14). The molecule has 0 aliphatic heterocycles. The van der Waals surface area contributed by atoms with Crippen LogP contribution in [0, 0.1) is 0 Å². The minimum Gasteiger partial charge on any atom is -0.368 e.